The van der Waals surface area contributed by atoms with E-state index in [1.54, 1.807) is 6.07 Å². The molecule has 54 heavy (non-hydrogen) atoms. The lowest BCUT2D eigenvalue weighted by Gasteiger charge is -2.54. The topological polar surface area (TPSA) is 125 Å². The van der Waals surface area contributed by atoms with Gasteiger partial charge in [0.2, 0.25) is 5.88 Å². The molecule has 2 aromatic heterocycles. The number of hydrogen-bond donors (Lipinski definition) is 2. The van der Waals surface area contributed by atoms with Crippen LogP contribution in [0.4, 0.5) is 29.7 Å². The number of nitrogens with zero attached hydrogens (tertiary/aromatic N) is 6. The number of carbonyl (C=O) groups excluding carboxylic acids is 2. The first kappa shape index (κ1) is 35.8. The SMILES string of the molecule is CCc1nnc(-c2cc(NC(=O)N3C4CC(C)CC3C4)ccc2C)cc1Cc1ccc(NC(=O)N2C3CC(C)CC2C3)cc1-c1nccc(OC(F)F)n1. The molecule has 6 heterocycles. The molecule has 4 atom stereocenters. The molecule has 4 bridgehead atoms. The summed E-state index contributed by atoms with van der Waals surface area (Å²) in [4.78, 5) is 39.4. The number of alkyl halides is 2. The summed E-state index contributed by atoms with van der Waals surface area (Å²) in [6.45, 7) is 5.46. The molecule has 2 aromatic carbocycles. The van der Waals surface area contributed by atoms with Crippen LogP contribution in [0.5, 0.6) is 5.88 Å². The molecule has 4 aliphatic heterocycles. The molecule has 0 radical (unpaired) electrons. The maximum Gasteiger partial charge on any atom is 0.388 e. The van der Waals surface area contributed by atoms with Gasteiger partial charge >= 0.3 is 18.7 Å². The van der Waals surface area contributed by atoms with Gasteiger partial charge in [0.1, 0.15) is 0 Å². The molecular weight excluding hydrogens is 691 g/mol. The third kappa shape index (κ3) is 7.07. The van der Waals surface area contributed by atoms with E-state index in [2.05, 4.69) is 49.4 Å². The Morgan fingerprint density at radius 2 is 1.39 bits per heavy atom. The molecule has 13 heteroatoms. The number of carbonyl (C=O) groups is 2. The van der Waals surface area contributed by atoms with Gasteiger partial charge in [-0.2, -0.15) is 24.0 Å². The van der Waals surface area contributed by atoms with Crippen molar-refractivity contribution in [3.8, 4) is 28.5 Å². The second kappa shape index (κ2) is 14.6. The molecule has 4 aliphatic rings. The molecule has 2 N–H and O–H groups in total. The fraction of sp³-hybridized carbons (Fsp3) is 0.463. The molecule has 11 nitrogen and oxygen atoms in total. The predicted molar refractivity (Wildman–Crippen MR) is 201 cm³/mol. The van der Waals surface area contributed by atoms with E-state index >= 15 is 0 Å². The fourth-order valence-electron chi connectivity index (χ4n) is 9.20. The van der Waals surface area contributed by atoms with Crippen molar-refractivity contribution in [3.63, 3.8) is 0 Å². The number of nitrogens with one attached hydrogen (secondary N) is 2. The quantitative estimate of drug-likeness (QED) is 0.177. The minimum absolute atomic E-state index is 0.0641. The van der Waals surface area contributed by atoms with Gasteiger partial charge in [-0.3, -0.25) is 0 Å². The zero-order valence-electron chi connectivity index (χ0n) is 31.1. The predicted octanol–water partition coefficient (Wildman–Crippen LogP) is 8.47. The lowest BCUT2D eigenvalue weighted by molar-refractivity contribution is -0.0528. The second-order valence-electron chi connectivity index (χ2n) is 15.6. The van der Waals surface area contributed by atoms with E-state index < -0.39 is 6.61 Å². The summed E-state index contributed by atoms with van der Waals surface area (Å²) in [5, 5.41) is 15.4. The Kier molecular flexibility index (Phi) is 9.65. The van der Waals surface area contributed by atoms with Crippen molar-refractivity contribution >= 4 is 23.4 Å². The summed E-state index contributed by atoms with van der Waals surface area (Å²) in [6, 6.07) is 15.6. The van der Waals surface area contributed by atoms with E-state index in [-0.39, 0.29) is 35.9 Å². The molecular formula is C41H46F2N8O3. The molecule has 8 rings (SSSR count). The van der Waals surface area contributed by atoms with Crippen molar-refractivity contribution < 1.29 is 23.1 Å². The van der Waals surface area contributed by atoms with E-state index in [1.165, 1.54) is 12.3 Å². The van der Waals surface area contributed by atoms with Crippen LogP contribution in [-0.4, -0.2) is 72.8 Å². The lowest BCUT2D eigenvalue weighted by atomic mass is 9.74. The molecule has 0 spiro atoms. The first-order chi connectivity index (χ1) is 26.0. The van der Waals surface area contributed by atoms with E-state index in [9.17, 15) is 18.4 Å². The Bertz CT molecular complexity index is 2060. The maximum atomic E-state index is 13.4. The number of halogens is 2. The number of fused-ring (bicyclic) bond motifs is 4. The smallest absolute Gasteiger partial charge is 0.388 e. The molecule has 4 unspecified atom stereocenters. The monoisotopic (exact) mass is 736 g/mol. The highest BCUT2D eigenvalue weighted by atomic mass is 19.3. The minimum atomic E-state index is -3.04. The van der Waals surface area contributed by atoms with Crippen LogP contribution in [0.15, 0.2) is 54.7 Å². The van der Waals surface area contributed by atoms with E-state index in [0.717, 1.165) is 66.5 Å². The van der Waals surface area contributed by atoms with Gasteiger partial charge in [-0.15, -0.1) is 0 Å². The number of ether oxygens (including phenoxy) is 1. The zero-order chi connectivity index (χ0) is 37.7. The molecule has 4 amide bonds. The lowest BCUT2D eigenvalue weighted by Crippen LogP contribution is -2.63. The van der Waals surface area contributed by atoms with Gasteiger partial charge in [0, 0.05) is 65.4 Å². The van der Waals surface area contributed by atoms with Gasteiger partial charge in [0.15, 0.2) is 5.82 Å². The first-order valence-corrected chi connectivity index (χ1v) is 19.1. The Balaban J connectivity index is 1.08. The number of piperidine rings is 2. The number of amides is 4. The Morgan fingerprint density at radius 3 is 1.98 bits per heavy atom. The van der Waals surface area contributed by atoms with E-state index in [0.29, 0.717) is 59.4 Å². The van der Waals surface area contributed by atoms with Crippen molar-refractivity contribution in [1.29, 1.82) is 0 Å². The maximum absolute atomic E-state index is 13.4. The van der Waals surface area contributed by atoms with Crippen molar-refractivity contribution in [1.82, 2.24) is 30.0 Å². The van der Waals surface area contributed by atoms with Gasteiger partial charge in [-0.25, -0.2) is 14.6 Å². The fourth-order valence-corrected chi connectivity index (χ4v) is 9.20. The first-order valence-electron chi connectivity index (χ1n) is 19.1. The molecule has 0 aliphatic carbocycles. The molecule has 4 saturated heterocycles. The van der Waals surface area contributed by atoms with Crippen LogP contribution in [0.1, 0.15) is 81.7 Å². The number of rotatable bonds is 9. The average molecular weight is 737 g/mol. The van der Waals surface area contributed by atoms with Crippen LogP contribution in [0, 0.1) is 18.8 Å². The largest absolute Gasteiger partial charge is 0.417 e. The summed E-state index contributed by atoms with van der Waals surface area (Å²) in [5.41, 5.74) is 6.83. The third-order valence-corrected chi connectivity index (χ3v) is 11.7. The van der Waals surface area contributed by atoms with Crippen LogP contribution >= 0.6 is 0 Å². The van der Waals surface area contributed by atoms with Crippen LogP contribution < -0.4 is 15.4 Å². The highest BCUT2D eigenvalue weighted by Crippen LogP contribution is 2.43. The van der Waals surface area contributed by atoms with Crippen molar-refractivity contribution in [3.05, 3.63) is 77.1 Å². The van der Waals surface area contributed by atoms with E-state index in [4.69, 9.17) is 0 Å². The summed E-state index contributed by atoms with van der Waals surface area (Å²) >= 11 is 0. The highest BCUT2D eigenvalue weighted by molar-refractivity contribution is 5.92. The Morgan fingerprint density at radius 1 is 0.796 bits per heavy atom. The highest BCUT2D eigenvalue weighted by Gasteiger charge is 2.47. The molecule has 4 fully saturated rings. The van der Waals surface area contributed by atoms with Crippen molar-refractivity contribution in [2.75, 3.05) is 10.6 Å². The summed E-state index contributed by atoms with van der Waals surface area (Å²) in [7, 11) is 0. The molecule has 4 aromatic rings. The third-order valence-electron chi connectivity index (χ3n) is 11.7. The summed E-state index contributed by atoms with van der Waals surface area (Å²) in [5.74, 6) is 1.18. The number of urea groups is 2. The zero-order valence-corrected chi connectivity index (χ0v) is 31.1. The molecule has 0 saturated carbocycles. The van der Waals surface area contributed by atoms with Gasteiger partial charge in [-0.1, -0.05) is 32.9 Å². The number of anilines is 2. The van der Waals surface area contributed by atoms with Gasteiger partial charge in [-0.05, 0) is 111 Å². The van der Waals surface area contributed by atoms with Crippen LogP contribution in [-0.2, 0) is 12.8 Å². The number of aromatic nitrogens is 4. The molecule has 282 valence electrons. The van der Waals surface area contributed by atoms with Crippen LogP contribution in [0.2, 0.25) is 0 Å². The number of aryl methyl sites for hydroxylation is 2. The normalized spacial score (nSPS) is 24.1. The Labute approximate surface area is 313 Å². The minimum Gasteiger partial charge on any atom is -0.417 e. The summed E-state index contributed by atoms with van der Waals surface area (Å²) in [6.07, 6.45) is 8.61. The van der Waals surface area contributed by atoms with E-state index in [1.807, 2.05) is 60.0 Å². The van der Waals surface area contributed by atoms with Gasteiger partial charge in [0.25, 0.3) is 0 Å². The van der Waals surface area contributed by atoms with Gasteiger partial charge in [0.05, 0.1) is 11.4 Å². The standard InChI is InChI=1S/C41H46F2N8O3/c1-5-35-26(17-36(49-48-35)33-18-27(8-6-24(33)4)45-40(52)50-29-12-22(2)13-30(50)20-29)16-25-7-9-28(46-41(53)51-31-14-23(3)15-32(51)21-31)19-34(25)38-44-11-10-37(47-38)54-39(42)43/h6-11,17-19,22-23,29-32,39H,5,12-16,20-21H2,1-4H3,(H,45,52)(H,46,53). The van der Waals surface area contributed by atoms with Crippen molar-refractivity contribution in [2.24, 2.45) is 11.8 Å². The van der Waals surface area contributed by atoms with Crippen LogP contribution in [0.25, 0.3) is 22.6 Å². The van der Waals surface area contributed by atoms with Crippen molar-refractivity contribution in [2.45, 2.75) is 110 Å². The number of benzene rings is 2. The summed E-state index contributed by atoms with van der Waals surface area (Å²) < 4.78 is 31.0. The average Bonchev–Trinajstić information content (AvgIpc) is 3.12. The number of hydrogen-bond acceptors (Lipinski definition) is 7. The van der Waals surface area contributed by atoms with Gasteiger partial charge < -0.3 is 25.2 Å². The Hall–Kier alpha value is -5.20. The van der Waals surface area contributed by atoms with Crippen LogP contribution in [0.3, 0.4) is 0 Å². The second-order valence-corrected chi connectivity index (χ2v) is 15.6.